The Hall–Kier alpha value is -2.62. The van der Waals surface area contributed by atoms with Gasteiger partial charge in [-0.05, 0) is 43.0 Å². The van der Waals surface area contributed by atoms with Crippen LogP contribution in [0.4, 0.5) is 5.82 Å². The fourth-order valence-electron chi connectivity index (χ4n) is 4.54. The van der Waals surface area contributed by atoms with Crippen molar-refractivity contribution in [3.63, 3.8) is 0 Å². The van der Waals surface area contributed by atoms with E-state index in [0.29, 0.717) is 62.1 Å². The van der Waals surface area contributed by atoms with E-state index in [0.717, 1.165) is 18.5 Å². The van der Waals surface area contributed by atoms with Gasteiger partial charge in [0.1, 0.15) is 11.9 Å². The van der Waals surface area contributed by atoms with E-state index in [-0.39, 0.29) is 5.91 Å². The number of amides is 1. The summed E-state index contributed by atoms with van der Waals surface area (Å²) >= 11 is 6.54. The molecule has 0 radical (unpaired) electrons. The van der Waals surface area contributed by atoms with Crippen LogP contribution in [0.25, 0.3) is 0 Å². The van der Waals surface area contributed by atoms with Gasteiger partial charge in [0.2, 0.25) is 5.91 Å². The molecule has 156 valence electrons. The average Bonchev–Trinajstić information content (AvgIpc) is 3.05. The molecule has 2 fully saturated rings. The minimum atomic E-state index is -0.644. The Bertz CT molecular complexity index is 952. The summed E-state index contributed by atoms with van der Waals surface area (Å²) in [4.78, 5) is 22.4. The first-order chi connectivity index (χ1) is 14.7. The number of nitrogens with zero attached hydrogens (tertiary/aromatic N) is 4. The number of carbonyl (C=O) groups excluding carboxylic acids is 1. The number of anilines is 1. The summed E-state index contributed by atoms with van der Waals surface area (Å²) in [6.07, 6.45) is 3.80. The minimum absolute atomic E-state index is 0.127. The third-order valence-corrected chi connectivity index (χ3v) is 6.46. The largest absolute Gasteiger partial charge is 0.381 e. The molecule has 0 atom stereocenters. The lowest BCUT2D eigenvalue weighted by atomic mass is 9.73. The Kier molecular flexibility index (Phi) is 6.21. The third-order valence-electron chi connectivity index (χ3n) is 6.13. The summed E-state index contributed by atoms with van der Waals surface area (Å²) < 4.78 is 5.59. The van der Waals surface area contributed by atoms with Gasteiger partial charge in [-0.25, -0.2) is 4.98 Å². The summed E-state index contributed by atoms with van der Waals surface area (Å²) in [5.41, 5.74) is 0.820. The van der Waals surface area contributed by atoms with Crippen LogP contribution in [0.5, 0.6) is 0 Å². The molecule has 0 aliphatic carbocycles. The van der Waals surface area contributed by atoms with Crippen LogP contribution in [0.15, 0.2) is 42.6 Å². The molecule has 0 spiro atoms. The lowest BCUT2D eigenvalue weighted by molar-refractivity contribution is -0.141. The van der Waals surface area contributed by atoms with Crippen LogP contribution in [0.1, 0.15) is 30.4 Å². The monoisotopic (exact) mass is 424 g/mol. The highest BCUT2D eigenvalue weighted by Gasteiger charge is 2.45. The van der Waals surface area contributed by atoms with Crippen molar-refractivity contribution < 1.29 is 9.53 Å². The van der Waals surface area contributed by atoms with Gasteiger partial charge in [0, 0.05) is 50.6 Å². The normalized spacial score (nSPS) is 19.1. The molecule has 30 heavy (non-hydrogen) atoms. The van der Waals surface area contributed by atoms with Crippen LogP contribution < -0.4 is 4.90 Å². The highest BCUT2D eigenvalue weighted by Crippen LogP contribution is 2.40. The standard InChI is InChI=1S/C23H25ClN4O2/c24-20-7-2-1-6-19(20)23(8-15-30-16-9-23)22(29)28-12-4-11-27(13-14-28)21-18(17-25)5-3-10-26-21/h1-3,5-7,10H,4,8-9,11-16H2. The molecule has 2 aliphatic heterocycles. The Morgan fingerprint density at radius 3 is 2.67 bits per heavy atom. The van der Waals surface area contributed by atoms with Gasteiger partial charge in [0.05, 0.1) is 11.0 Å². The quantitative estimate of drug-likeness (QED) is 0.755. The van der Waals surface area contributed by atoms with E-state index in [9.17, 15) is 10.1 Å². The Balaban J connectivity index is 1.58. The van der Waals surface area contributed by atoms with Crippen molar-refractivity contribution >= 4 is 23.3 Å². The summed E-state index contributed by atoms with van der Waals surface area (Å²) in [7, 11) is 0. The molecule has 0 N–H and O–H groups in total. The number of halogens is 1. The number of benzene rings is 1. The highest BCUT2D eigenvalue weighted by molar-refractivity contribution is 6.31. The average molecular weight is 425 g/mol. The number of aromatic nitrogens is 1. The molecule has 0 saturated carbocycles. The number of ether oxygens (including phenoxy) is 1. The maximum Gasteiger partial charge on any atom is 0.233 e. The molecule has 7 heteroatoms. The number of hydrogen-bond acceptors (Lipinski definition) is 5. The lowest BCUT2D eigenvalue weighted by Crippen LogP contribution is -2.51. The lowest BCUT2D eigenvalue weighted by Gasteiger charge is -2.40. The molecule has 1 aromatic heterocycles. The third kappa shape index (κ3) is 3.88. The van der Waals surface area contributed by atoms with Gasteiger partial charge in [-0.3, -0.25) is 4.79 Å². The smallest absolute Gasteiger partial charge is 0.233 e. The Morgan fingerprint density at radius 1 is 1.10 bits per heavy atom. The summed E-state index contributed by atoms with van der Waals surface area (Å²) in [6, 6.07) is 13.4. The summed E-state index contributed by atoms with van der Waals surface area (Å²) in [6.45, 7) is 3.78. The van der Waals surface area contributed by atoms with E-state index < -0.39 is 5.41 Å². The molecule has 1 aromatic carbocycles. The Labute approximate surface area is 182 Å². The first-order valence-electron chi connectivity index (χ1n) is 10.4. The molecule has 1 amide bonds. The molecule has 6 nitrogen and oxygen atoms in total. The van der Waals surface area contributed by atoms with Crippen molar-refractivity contribution in [3.05, 3.63) is 58.7 Å². The number of rotatable bonds is 3. The zero-order chi connectivity index (χ0) is 21.0. The zero-order valence-electron chi connectivity index (χ0n) is 16.9. The van der Waals surface area contributed by atoms with Gasteiger partial charge in [-0.15, -0.1) is 0 Å². The molecule has 2 aliphatic rings. The topological polar surface area (TPSA) is 69.5 Å². The van der Waals surface area contributed by atoms with Crippen molar-refractivity contribution in [1.29, 1.82) is 5.26 Å². The van der Waals surface area contributed by atoms with Crippen LogP contribution in [0.2, 0.25) is 5.02 Å². The summed E-state index contributed by atoms with van der Waals surface area (Å²) in [5, 5.41) is 10.0. The fraction of sp³-hybridized carbons (Fsp3) is 0.435. The number of nitriles is 1. The van der Waals surface area contributed by atoms with Crippen LogP contribution in [-0.4, -0.2) is 55.2 Å². The fourth-order valence-corrected chi connectivity index (χ4v) is 4.86. The second kappa shape index (κ2) is 9.03. The van der Waals surface area contributed by atoms with Crippen LogP contribution >= 0.6 is 11.6 Å². The molecule has 2 aromatic rings. The predicted octanol–water partition coefficient (Wildman–Crippen LogP) is 3.39. The van der Waals surface area contributed by atoms with Crippen molar-refractivity contribution in [2.24, 2.45) is 0 Å². The van der Waals surface area contributed by atoms with Crippen molar-refractivity contribution in [1.82, 2.24) is 9.88 Å². The highest BCUT2D eigenvalue weighted by atomic mass is 35.5. The molecular formula is C23H25ClN4O2. The molecule has 3 heterocycles. The van der Waals surface area contributed by atoms with Crippen molar-refractivity contribution in [3.8, 4) is 6.07 Å². The summed E-state index contributed by atoms with van der Waals surface area (Å²) in [5.74, 6) is 0.823. The van der Waals surface area contributed by atoms with Gasteiger partial charge in [-0.1, -0.05) is 29.8 Å². The van der Waals surface area contributed by atoms with Gasteiger partial charge in [0.25, 0.3) is 0 Å². The van der Waals surface area contributed by atoms with Crippen molar-refractivity contribution in [2.75, 3.05) is 44.3 Å². The van der Waals surface area contributed by atoms with E-state index in [1.807, 2.05) is 29.2 Å². The van der Waals surface area contributed by atoms with Crippen molar-refractivity contribution in [2.45, 2.75) is 24.7 Å². The molecule has 4 rings (SSSR count). The van der Waals surface area contributed by atoms with E-state index in [4.69, 9.17) is 16.3 Å². The van der Waals surface area contributed by atoms with E-state index >= 15 is 0 Å². The van der Waals surface area contributed by atoms with Gasteiger partial charge < -0.3 is 14.5 Å². The van der Waals surface area contributed by atoms with Crippen LogP contribution in [-0.2, 0) is 14.9 Å². The predicted molar refractivity (Wildman–Crippen MR) is 116 cm³/mol. The minimum Gasteiger partial charge on any atom is -0.381 e. The molecule has 0 bridgehead atoms. The maximum atomic E-state index is 13.9. The first kappa shape index (κ1) is 20.6. The molecule has 2 saturated heterocycles. The SMILES string of the molecule is N#Cc1cccnc1N1CCCN(C(=O)C2(c3ccccc3Cl)CCOCC2)CC1. The number of pyridine rings is 1. The molecular weight excluding hydrogens is 400 g/mol. The second-order valence-corrected chi connectivity index (χ2v) is 8.20. The van der Waals surface area contributed by atoms with E-state index in [2.05, 4.69) is 16.0 Å². The second-order valence-electron chi connectivity index (χ2n) is 7.79. The number of carbonyl (C=O) groups is 1. The Morgan fingerprint density at radius 2 is 1.90 bits per heavy atom. The maximum absolute atomic E-state index is 13.9. The van der Waals surface area contributed by atoms with Gasteiger partial charge in [0.15, 0.2) is 0 Å². The number of hydrogen-bond donors (Lipinski definition) is 0. The first-order valence-corrected chi connectivity index (χ1v) is 10.8. The van der Waals surface area contributed by atoms with Crippen LogP contribution in [0.3, 0.4) is 0 Å². The van der Waals surface area contributed by atoms with E-state index in [1.165, 1.54) is 0 Å². The van der Waals surface area contributed by atoms with Gasteiger partial charge in [-0.2, -0.15) is 5.26 Å². The zero-order valence-corrected chi connectivity index (χ0v) is 17.6. The molecule has 0 unspecified atom stereocenters. The van der Waals surface area contributed by atoms with Crippen LogP contribution in [0, 0.1) is 11.3 Å². The van der Waals surface area contributed by atoms with Gasteiger partial charge >= 0.3 is 0 Å². The van der Waals surface area contributed by atoms with E-state index in [1.54, 1.807) is 18.3 Å².